The number of nitrogens with one attached hydrogen (secondary N) is 1. The van der Waals surface area contributed by atoms with Gasteiger partial charge < -0.3 is 9.47 Å². The number of carbonyl (C=O) groups is 1. The van der Waals surface area contributed by atoms with Crippen molar-refractivity contribution in [2.75, 3.05) is 49.9 Å². The molecule has 1 amide bonds. The van der Waals surface area contributed by atoms with Crippen LogP contribution in [0.3, 0.4) is 0 Å². The lowest BCUT2D eigenvalue weighted by molar-refractivity contribution is -0.107. The van der Waals surface area contributed by atoms with E-state index in [-0.39, 0.29) is 5.41 Å². The van der Waals surface area contributed by atoms with Crippen LogP contribution in [0.15, 0.2) is 66.7 Å². The van der Waals surface area contributed by atoms with Gasteiger partial charge in [0, 0.05) is 41.9 Å². The van der Waals surface area contributed by atoms with Crippen LogP contribution in [0.5, 0.6) is 5.75 Å². The molecule has 8 nitrogen and oxygen atoms in total. The van der Waals surface area contributed by atoms with Crippen molar-refractivity contribution in [2.24, 2.45) is 0 Å². The molecule has 204 valence electrons. The third-order valence-electron chi connectivity index (χ3n) is 6.99. The number of amides is 1. The molecular formula is C31H37N5O3. The van der Waals surface area contributed by atoms with Crippen molar-refractivity contribution >= 4 is 28.7 Å². The Bertz CT molecular complexity index is 1420. The first-order chi connectivity index (χ1) is 18.8. The van der Waals surface area contributed by atoms with E-state index in [0.717, 1.165) is 72.8 Å². The number of ether oxygens (including phenoxy) is 2. The molecule has 3 aromatic carbocycles. The molecule has 5 rings (SSSR count). The van der Waals surface area contributed by atoms with Gasteiger partial charge in [-0.3, -0.25) is 15.1 Å². The first-order valence-electron chi connectivity index (χ1n) is 13.5. The number of anilines is 2. The van der Waals surface area contributed by atoms with Crippen molar-refractivity contribution in [1.29, 1.82) is 0 Å². The highest BCUT2D eigenvalue weighted by Crippen LogP contribution is 2.34. The lowest BCUT2D eigenvalue weighted by Crippen LogP contribution is -2.38. The number of hydrazine groups is 1. The standard InChI is InChI=1S/C31H37N5O3/c1-23-9-11-24(12-10-23)36-30(21-29(32-36)31(2,3)4)33-35(22-37)27-13-14-28(26-8-6-5-7-25(26)27)39-20-17-34-15-18-38-19-16-34/h5-14,21-22,33H,15-20H2,1-4H3. The maximum atomic E-state index is 12.5. The largest absolute Gasteiger partial charge is 0.492 e. The van der Waals surface area contributed by atoms with E-state index in [9.17, 15) is 4.79 Å². The Balaban J connectivity index is 1.43. The van der Waals surface area contributed by atoms with E-state index in [1.54, 1.807) is 0 Å². The van der Waals surface area contributed by atoms with E-state index >= 15 is 0 Å². The van der Waals surface area contributed by atoms with Gasteiger partial charge in [-0.25, -0.2) is 9.69 Å². The second-order valence-corrected chi connectivity index (χ2v) is 10.9. The third-order valence-corrected chi connectivity index (χ3v) is 6.99. The zero-order valence-corrected chi connectivity index (χ0v) is 23.2. The molecule has 0 aliphatic carbocycles. The summed E-state index contributed by atoms with van der Waals surface area (Å²) >= 11 is 0. The van der Waals surface area contributed by atoms with E-state index < -0.39 is 0 Å². The molecular weight excluding hydrogens is 490 g/mol. The van der Waals surface area contributed by atoms with Crippen LogP contribution in [0.2, 0.25) is 0 Å². The van der Waals surface area contributed by atoms with Crippen LogP contribution in [0, 0.1) is 6.92 Å². The van der Waals surface area contributed by atoms with Crippen LogP contribution in [0.1, 0.15) is 32.0 Å². The zero-order chi connectivity index (χ0) is 27.4. The highest BCUT2D eigenvalue weighted by Gasteiger charge is 2.22. The number of aromatic nitrogens is 2. The normalized spacial score (nSPS) is 14.4. The van der Waals surface area contributed by atoms with Gasteiger partial charge in [-0.2, -0.15) is 5.10 Å². The fourth-order valence-corrected chi connectivity index (χ4v) is 4.68. The van der Waals surface area contributed by atoms with Crippen LogP contribution < -0.4 is 15.2 Å². The van der Waals surface area contributed by atoms with Gasteiger partial charge >= 0.3 is 0 Å². The molecule has 0 unspecified atom stereocenters. The minimum absolute atomic E-state index is 0.161. The van der Waals surface area contributed by atoms with Gasteiger partial charge in [0.15, 0.2) is 0 Å². The van der Waals surface area contributed by atoms with E-state index in [4.69, 9.17) is 14.6 Å². The molecule has 0 bridgehead atoms. The quantitative estimate of drug-likeness (QED) is 0.234. The predicted octanol–water partition coefficient (Wildman–Crippen LogP) is 5.33. The van der Waals surface area contributed by atoms with Crippen LogP contribution in [-0.2, 0) is 14.9 Å². The maximum absolute atomic E-state index is 12.5. The summed E-state index contributed by atoms with van der Waals surface area (Å²) in [5.74, 6) is 1.50. The van der Waals surface area contributed by atoms with Crippen LogP contribution in [0.25, 0.3) is 16.5 Å². The van der Waals surface area contributed by atoms with Crippen molar-refractivity contribution < 1.29 is 14.3 Å². The predicted molar refractivity (Wildman–Crippen MR) is 156 cm³/mol. The van der Waals surface area contributed by atoms with Gasteiger partial charge in [-0.05, 0) is 31.2 Å². The Morgan fingerprint density at radius 1 is 1.03 bits per heavy atom. The average molecular weight is 528 g/mol. The number of hydrogen-bond acceptors (Lipinski definition) is 6. The van der Waals surface area contributed by atoms with E-state index in [1.807, 2.05) is 59.3 Å². The van der Waals surface area contributed by atoms with Crippen molar-refractivity contribution in [3.63, 3.8) is 0 Å². The summed E-state index contributed by atoms with van der Waals surface area (Å²) in [7, 11) is 0. The highest BCUT2D eigenvalue weighted by molar-refractivity contribution is 6.02. The van der Waals surface area contributed by atoms with E-state index in [1.165, 1.54) is 10.6 Å². The number of benzene rings is 3. The lowest BCUT2D eigenvalue weighted by atomic mass is 9.92. The number of aryl methyl sites for hydroxylation is 1. The van der Waals surface area contributed by atoms with Crippen molar-refractivity contribution in [1.82, 2.24) is 14.7 Å². The zero-order valence-electron chi connectivity index (χ0n) is 23.2. The summed E-state index contributed by atoms with van der Waals surface area (Å²) in [6.45, 7) is 13.3. The molecule has 1 N–H and O–H groups in total. The van der Waals surface area contributed by atoms with Gasteiger partial charge in [0.25, 0.3) is 0 Å². The summed E-state index contributed by atoms with van der Waals surface area (Å²) in [4.78, 5) is 14.8. The van der Waals surface area contributed by atoms with Crippen LogP contribution >= 0.6 is 0 Å². The Morgan fingerprint density at radius 2 is 1.74 bits per heavy atom. The molecule has 39 heavy (non-hydrogen) atoms. The molecule has 0 saturated carbocycles. The van der Waals surface area contributed by atoms with Gasteiger partial charge in [-0.15, -0.1) is 0 Å². The molecule has 1 aromatic heterocycles. The molecule has 0 atom stereocenters. The number of rotatable bonds is 9. The van der Waals surface area contributed by atoms with E-state index in [2.05, 4.69) is 50.2 Å². The number of nitrogens with zero attached hydrogens (tertiary/aromatic N) is 4. The van der Waals surface area contributed by atoms with Crippen molar-refractivity contribution in [3.05, 3.63) is 78.0 Å². The van der Waals surface area contributed by atoms with Gasteiger partial charge in [0.1, 0.15) is 18.2 Å². The van der Waals surface area contributed by atoms with Crippen molar-refractivity contribution in [2.45, 2.75) is 33.1 Å². The first kappa shape index (κ1) is 26.7. The number of morpholine rings is 1. The Morgan fingerprint density at radius 3 is 2.44 bits per heavy atom. The van der Waals surface area contributed by atoms with Crippen LogP contribution in [0.4, 0.5) is 11.5 Å². The first-order valence-corrected chi connectivity index (χ1v) is 13.5. The minimum atomic E-state index is -0.161. The topological polar surface area (TPSA) is 71.9 Å². The Labute approximate surface area is 230 Å². The molecule has 1 fully saturated rings. The molecule has 2 heterocycles. The summed E-state index contributed by atoms with van der Waals surface area (Å²) in [5.41, 5.74) is 6.90. The molecule has 8 heteroatoms. The summed E-state index contributed by atoms with van der Waals surface area (Å²) in [6.07, 6.45) is 0.796. The maximum Gasteiger partial charge on any atom is 0.232 e. The Kier molecular flexibility index (Phi) is 7.86. The lowest BCUT2D eigenvalue weighted by Gasteiger charge is -2.26. The molecule has 1 aliphatic rings. The monoisotopic (exact) mass is 527 g/mol. The summed E-state index contributed by atoms with van der Waals surface area (Å²) in [6, 6.07) is 22.0. The Hall–Kier alpha value is -3.88. The van der Waals surface area contributed by atoms with Gasteiger partial charge in [0.2, 0.25) is 6.41 Å². The fraction of sp³-hybridized carbons (Fsp3) is 0.355. The molecule has 1 saturated heterocycles. The minimum Gasteiger partial charge on any atom is -0.492 e. The molecule has 1 aliphatic heterocycles. The highest BCUT2D eigenvalue weighted by atomic mass is 16.5. The van der Waals surface area contributed by atoms with Crippen LogP contribution in [-0.4, -0.2) is 60.5 Å². The molecule has 0 radical (unpaired) electrons. The number of carbonyl (C=O) groups excluding carboxylic acids is 1. The fourth-order valence-electron chi connectivity index (χ4n) is 4.68. The van der Waals surface area contributed by atoms with Crippen molar-refractivity contribution in [3.8, 4) is 11.4 Å². The molecule has 0 spiro atoms. The summed E-state index contributed by atoms with van der Waals surface area (Å²) in [5, 5.41) is 8.27. The SMILES string of the molecule is Cc1ccc(-n2nc(C(C)(C)C)cc2NN(C=O)c2ccc(OCCN3CCOCC3)c3ccccc23)cc1. The number of hydrogen-bond donors (Lipinski definition) is 1. The number of fused-ring (bicyclic) bond motifs is 1. The second kappa shape index (κ2) is 11.5. The molecule has 4 aromatic rings. The van der Waals surface area contributed by atoms with E-state index in [0.29, 0.717) is 12.4 Å². The average Bonchev–Trinajstić information content (AvgIpc) is 3.37. The summed E-state index contributed by atoms with van der Waals surface area (Å²) < 4.78 is 13.5. The second-order valence-electron chi connectivity index (χ2n) is 10.9. The third kappa shape index (κ3) is 6.08. The van der Waals surface area contributed by atoms with Gasteiger partial charge in [-0.1, -0.05) is 62.7 Å². The smallest absolute Gasteiger partial charge is 0.232 e. The van der Waals surface area contributed by atoms with Gasteiger partial charge in [0.05, 0.1) is 30.3 Å².